The summed E-state index contributed by atoms with van der Waals surface area (Å²) in [6.07, 6.45) is 0. The Morgan fingerprint density at radius 3 is 1.90 bits per heavy atom. The van der Waals surface area contributed by atoms with E-state index in [0.717, 1.165) is 22.7 Å². The van der Waals surface area contributed by atoms with Crippen molar-refractivity contribution in [2.45, 2.75) is 19.9 Å². The van der Waals surface area contributed by atoms with Crippen molar-refractivity contribution >= 4 is 22.8 Å². The molecule has 0 saturated heterocycles. The standard InChI is InChI=1S/C19H21NS/c1-15(2)20(19(21)18-12-8-5-9-13-18)14-16(3)17-10-6-4-7-11-17/h4-13,15H,3,14H2,1-2H3. The smallest absolute Gasteiger partial charge is 0.109 e. The fourth-order valence-electron chi connectivity index (χ4n) is 2.21. The first kappa shape index (κ1) is 15.5. The van der Waals surface area contributed by atoms with Gasteiger partial charge in [0.05, 0.1) is 0 Å². The molecule has 0 spiro atoms. The monoisotopic (exact) mass is 295 g/mol. The van der Waals surface area contributed by atoms with Crippen LogP contribution in [0, 0.1) is 0 Å². The molecule has 1 nitrogen and oxygen atoms in total. The molecule has 0 unspecified atom stereocenters. The Kier molecular flexibility index (Phi) is 5.29. The second-order valence-electron chi connectivity index (χ2n) is 5.36. The number of hydrogen-bond donors (Lipinski definition) is 0. The molecule has 0 fully saturated rings. The van der Waals surface area contributed by atoms with E-state index in [2.05, 4.69) is 49.6 Å². The van der Waals surface area contributed by atoms with Gasteiger partial charge in [0.15, 0.2) is 0 Å². The molecule has 108 valence electrons. The molecule has 0 radical (unpaired) electrons. The number of hydrogen-bond acceptors (Lipinski definition) is 1. The predicted octanol–water partition coefficient (Wildman–Crippen LogP) is 4.79. The zero-order chi connectivity index (χ0) is 15.2. The number of thiocarbonyl (C=S) groups is 1. The number of benzene rings is 2. The Bertz CT molecular complexity index is 602. The van der Waals surface area contributed by atoms with Crippen LogP contribution in [0.15, 0.2) is 67.2 Å². The highest BCUT2D eigenvalue weighted by Crippen LogP contribution is 2.17. The average molecular weight is 295 g/mol. The Morgan fingerprint density at radius 2 is 1.43 bits per heavy atom. The van der Waals surface area contributed by atoms with E-state index in [1.807, 2.05) is 36.4 Å². The molecule has 0 atom stereocenters. The molecule has 0 aliphatic carbocycles. The van der Waals surface area contributed by atoms with E-state index >= 15 is 0 Å². The van der Waals surface area contributed by atoms with Gasteiger partial charge in [-0.25, -0.2) is 0 Å². The third-order valence-electron chi connectivity index (χ3n) is 3.45. The van der Waals surface area contributed by atoms with Crippen LogP contribution in [0.1, 0.15) is 25.0 Å². The largest absolute Gasteiger partial charge is 0.356 e. The van der Waals surface area contributed by atoms with Gasteiger partial charge in [-0.2, -0.15) is 0 Å². The SMILES string of the molecule is C=C(CN(C(=S)c1ccccc1)C(C)C)c1ccccc1. The summed E-state index contributed by atoms with van der Waals surface area (Å²) in [5.74, 6) is 0. The summed E-state index contributed by atoms with van der Waals surface area (Å²) in [5.41, 5.74) is 3.34. The highest BCUT2D eigenvalue weighted by Gasteiger charge is 2.16. The lowest BCUT2D eigenvalue weighted by Crippen LogP contribution is -2.37. The molecule has 0 aliphatic heterocycles. The van der Waals surface area contributed by atoms with Crippen LogP contribution in [0.2, 0.25) is 0 Å². The normalized spacial score (nSPS) is 10.4. The van der Waals surface area contributed by atoms with E-state index in [0.29, 0.717) is 6.04 Å². The maximum atomic E-state index is 5.67. The van der Waals surface area contributed by atoms with Crippen LogP contribution in [0.25, 0.3) is 5.57 Å². The van der Waals surface area contributed by atoms with Crippen LogP contribution in [0.3, 0.4) is 0 Å². The van der Waals surface area contributed by atoms with Crippen molar-refractivity contribution in [3.05, 3.63) is 78.4 Å². The lowest BCUT2D eigenvalue weighted by molar-refractivity contribution is 0.395. The van der Waals surface area contributed by atoms with Crippen LogP contribution in [-0.2, 0) is 0 Å². The van der Waals surface area contributed by atoms with Gasteiger partial charge in [-0.1, -0.05) is 79.5 Å². The van der Waals surface area contributed by atoms with Crippen molar-refractivity contribution in [1.29, 1.82) is 0 Å². The maximum absolute atomic E-state index is 5.67. The Labute approximate surface area is 132 Å². The minimum absolute atomic E-state index is 0.332. The number of nitrogens with zero attached hydrogens (tertiary/aromatic N) is 1. The molecule has 21 heavy (non-hydrogen) atoms. The van der Waals surface area contributed by atoms with Gasteiger partial charge >= 0.3 is 0 Å². The number of rotatable bonds is 5. The summed E-state index contributed by atoms with van der Waals surface area (Å²) in [6.45, 7) is 9.29. The Balaban J connectivity index is 2.17. The Morgan fingerprint density at radius 1 is 0.952 bits per heavy atom. The summed E-state index contributed by atoms with van der Waals surface area (Å²) in [4.78, 5) is 3.10. The first-order valence-corrected chi connectivity index (χ1v) is 7.59. The predicted molar refractivity (Wildman–Crippen MR) is 95.5 cm³/mol. The fraction of sp³-hybridized carbons (Fsp3) is 0.211. The van der Waals surface area contributed by atoms with Crippen molar-refractivity contribution in [2.24, 2.45) is 0 Å². The zero-order valence-electron chi connectivity index (χ0n) is 12.6. The van der Waals surface area contributed by atoms with Crippen molar-refractivity contribution < 1.29 is 0 Å². The molecule has 2 aromatic rings. The molecule has 2 heteroatoms. The van der Waals surface area contributed by atoms with E-state index in [1.165, 1.54) is 5.56 Å². The van der Waals surface area contributed by atoms with Crippen molar-refractivity contribution in [3.8, 4) is 0 Å². The quantitative estimate of drug-likeness (QED) is 0.730. The van der Waals surface area contributed by atoms with Gasteiger partial charge in [0, 0.05) is 18.2 Å². The molecule has 0 N–H and O–H groups in total. The maximum Gasteiger partial charge on any atom is 0.109 e. The minimum Gasteiger partial charge on any atom is -0.356 e. The van der Waals surface area contributed by atoms with Gasteiger partial charge in [-0.05, 0) is 25.0 Å². The second kappa shape index (κ2) is 7.19. The first-order valence-electron chi connectivity index (χ1n) is 7.19. The molecule has 0 bridgehead atoms. The van der Waals surface area contributed by atoms with Crippen LogP contribution in [0.4, 0.5) is 0 Å². The third kappa shape index (κ3) is 4.02. The van der Waals surface area contributed by atoms with Gasteiger partial charge in [0.25, 0.3) is 0 Å². The highest BCUT2D eigenvalue weighted by molar-refractivity contribution is 7.80. The van der Waals surface area contributed by atoms with Crippen LogP contribution < -0.4 is 0 Å². The summed E-state index contributed by atoms with van der Waals surface area (Å²) < 4.78 is 0. The molecule has 0 saturated carbocycles. The molecular formula is C19H21NS. The topological polar surface area (TPSA) is 3.24 Å². The summed E-state index contributed by atoms with van der Waals surface area (Å²) in [7, 11) is 0. The second-order valence-corrected chi connectivity index (χ2v) is 5.75. The molecule has 0 aliphatic rings. The molecule has 2 aromatic carbocycles. The van der Waals surface area contributed by atoms with Crippen molar-refractivity contribution in [2.75, 3.05) is 6.54 Å². The van der Waals surface area contributed by atoms with Crippen molar-refractivity contribution in [3.63, 3.8) is 0 Å². The minimum atomic E-state index is 0.332. The molecule has 0 heterocycles. The van der Waals surface area contributed by atoms with E-state index in [-0.39, 0.29) is 0 Å². The van der Waals surface area contributed by atoms with Gasteiger partial charge in [0.2, 0.25) is 0 Å². The third-order valence-corrected chi connectivity index (χ3v) is 3.92. The molecule has 0 amide bonds. The highest BCUT2D eigenvalue weighted by atomic mass is 32.1. The van der Waals surface area contributed by atoms with E-state index < -0.39 is 0 Å². The first-order chi connectivity index (χ1) is 10.1. The van der Waals surface area contributed by atoms with Crippen molar-refractivity contribution in [1.82, 2.24) is 4.90 Å². The average Bonchev–Trinajstić information content (AvgIpc) is 2.53. The van der Waals surface area contributed by atoms with Crippen LogP contribution in [0.5, 0.6) is 0 Å². The zero-order valence-corrected chi connectivity index (χ0v) is 13.4. The van der Waals surface area contributed by atoms with E-state index in [4.69, 9.17) is 12.2 Å². The molecular weight excluding hydrogens is 274 g/mol. The molecule has 2 rings (SSSR count). The van der Waals surface area contributed by atoms with E-state index in [1.54, 1.807) is 0 Å². The lowest BCUT2D eigenvalue weighted by atomic mass is 10.1. The van der Waals surface area contributed by atoms with Gasteiger partial charge < -0.3 is 4.90 Å². The summed E-state index contributed by atoms with van der Waals surface area (Å²) in [6, 6.07) is 20.8. The Hall–Kier alpha value is -1.93. The van der Waals surface area contributed by atoms with E-state index in [9.17, 15) is 0 Å². The summed E-state index contributed by atoms with van der Waals surface area (Å²) >= 11 is 5.67. The van der Waals surface area contributed by atoms with Crippen LogP contribution in [-0.4, -0.2) is 22.5 Å². The van der Waals surface area contributed by atoms with Gasteiger partial charge in [-0.3, -0.25) is 0 Å². The van der Waals surface area contributed by atoms with Gasteiger partial charge in [0.1, 0.15) is 4.99 Å². The lowest BCUT2D eigenvalue weighted by Gasteiger charge is -2.30. The summed E-state index contributed by atoms with van der Waals surface area (Å²) in [5, 5.41) is 0. The van der Waals surface area contributed by atoms with Gasteiger partial charge in [-0.15, -0.1) is 0 Å². The molecule has 0 aromatic heterocycles. The van der Waals surface area contributed by atoms with Crippen LogP contribution >= 0.6 is 12.2 Å². The fourth-order valence-corrected chi connectivity index (χ4v) is 2.62.